The summed E-state index contributed by atoms with van der Waals surface area (Å²) in [5.41, 5.74) is 6.04. The maximum absolute atomic E-state index is 10.7. The summed E-state index contributed by atoms with van der Waals surface area (Å²) >= 11 is 0. The highest BCUT2D eigenvalue weighted by molar-refractivity contribution is 5.74. The van der Waals surface area contributed by atoms with Gasteiger partial charge in [-0.2, -0.15) is 5.10 Å². The molecule has 0 aliphatic carbocycles. The number of anilines is 1. The molecule has 1 unspecified atom stereocenters. The molecule has 0 saturated carbocycles. The van der Waals surface area contributed by atoms with E-state index >= 15 is 0 Å². The molecule has 0 bridgehead atoms. The third-order valence-corrected chi connectivity index (χ3v) is 2.11. The minimum atomic E-state index is -0.297. The number of nitrogens with one attached hydrogen (secondary N) is 1. The Labute approximate surface area is 96.0 Å². The average Bonchev–Trinajstić information content (AvgIpc) is 2.49. The van der Waals surface area contributed by atoms with E-state index in [0.717, 1.165) is 12.2 Å². The second-order valence-electron chi connectivity index (χ2n) is 4.56. The first kappa shape index (κ1) is 12.5. The predicted molar refractivity (Wildman–Crippen MR) is 64.0 cm³/mol. The van der Waals surface area contributed by atoms with Crippen LogP contribution in [0.3, 0.4) is 0 Å². The Morgan fingerprint density at radius 1 is 1.56 bits per heavy atom. The fourth-order valence-corrected chi connectivity index (χ4v) is 1.55. The molecule has 5 nitrogen and oxygen atoms in total. The highest BCUT2D eigenvalue weighted by atomic mass is 16.1. The SMILES string of the molecule is CC(C)Cn1cc(NC(C)CC(N)=O)cn1. The van der Waals surface area contributed by atoms with Gasteiger partial charge in [0.05, 0.1) is 11.9 Å². The van der Waals surface area contributed by atoms with Crippen LogP contribution < -0.4 is 11.1 Å². The van der Waals surface area contributed by atoms with Gasteiger partial charge >= 0.3 is 0 Å². The van der Waals surface area contributed by atoms with Crippen molar-refractivity contribution >= 4 is 11.6 Å². The van der Waals surface area contributed by atoms with Gasteiger partial charge in [0.25, 0.3) is 0 Å². The number of amides is 1. The van der Waals surface area contributed by atoms with Crippen molar-refractivity contribution in [2.45, 2.75) is 39.8 Å². The molecular formula is C11H20N4O. The van der Waals surface area contributed by atoms with Crippen LogP contribution >= 0.6 is 0 Å². The molecule has 1 rings (SSSR count). The van der Waals surface area contributed by atoms with Crippen molar-refractivity contribution in [3.05, 3.63) is 12.4 Å². The highest BCUT2D eigenvalue weighted by Gasteiger charge is 2.07. The van der Waals surface area contributed by atoms with E-state index in [1.807, 2.05) is 17.8 Å². The second-order valence-corrected chi connectivity index (χ2v) is 4.56. The number of hydrogen-bond donors (Lipinski definition) is 2. The summed E-state index contributed by atoms with van der Waals surface area (Å²) < 4.78 is 1.89. The zero-order valence-corrected chi connectivity index (χ0v) is 10.1. The van der Waals surface area contributed by atoms with E-state index in [-0.39, 0.29) is 11.9 Å². The van der Waals surface area contributed by atoms with Gasteiger partial charge in [0.2, 0.25) is 5.91 Å². The Hall–Kier alpha value is -1.52. The second kappa shape index (κ2) is 5.53. The van der Waals surface area contributed by atoms with E-state index in [2.05, 4.69) is 24.3 Å². The van der Waals surface area contributed by atoms with E-state index in [1.165, 1.54) is 0 Å². The number of primary amides is 1. The van der Waals surface area contributed by atoms with Crippen LogP contribution in [0.15, 0.2) is 12.4 Å². The van der Waals surface area contributed by atoms with Crippen LogP contribution in [-0.2, 0) is 11.3 Å². The molecule has 0 spiro atoms. The van der Waals surface area contributed by atoms with Gasteiger partial charge in [0, 0.05) is 25.2 Å². The van der Waals surface area contributed by atoms with Crippen molar-refractivity contribution in [3.8, 4) is 0 Å². The lowest BCUT2D eigenvalue weighted by Crippen LogP contribution is -2.23. The summed E-state index contributed by atoms with van der Waals surface area (Å²) in [5.74, 6) is 0.269. The van der Waals surface area contributed by atoms with Gasteiger partial charge in [0.15, 0.2) is 0 Å². The molecule has 0 aliphatic heterocycles. The van der Waals surface area contributed by atoms with Crippen LogP contribution in [0.1, 0.15) is 27.2 Å². The number of carbonyl (C=O) groups is 1. The quantitative estimate of drug-likeness (QED) is 0.763. The molecular weight excluding hydrogens is 204 g/mol. The van der Waals surface area contributed by atoms with Crippen LogP contribution in [0.4, 0.5) is 5.69 Å². The Balaban J connectivity index is 2.48. The van der Waals surface area contributed by atoms with Gasteiger partial charge in [-0.1, -0.05) is 13.8 Å². The lowest BCUT2D eigenvalue weighted by molar-refractivity contribution is -0.118. The maximum atomic E-state index is 10.7. The van der Waals surface area contributed by atoms with Gasteiger partial charge in [-0.15, -0.1) is 0 Å². The monoisotopic (exact) mass is 224 g/mol. The third kappa shape index (κ3) is 4.33. The average molecular weight is 224 g/mol. The van der Waals surface area contributed by atoms with E-state index in [9.17, 15) is 4.79 Å². The van der Waals surface area contributed by atoms with E-state index < -0.39 is 0 Å². The molecule has 5 heteroatoms. The van der Waals surface area contributed by atoms with Gasteiger partial charge in [-0.05, 0) is 12.8 Å². The number of carbonyl (C=O) groups excluding carboxylic acids is 1. The number of rotatable bonds is 6. The minimum absolute atomic E-state index is 0.0363. The first-order valence-electron chi connectivity index (χ1n) is 5.54. The fraction of sp³-hybridized carbons (Fsp3) is 0.636. The van der Waals surface area contributed by atoms with E-state index in [1.54, 1.807) is 6.20 Å². The largest absolute Gasteiger partial charge is 0.380 e. The molecule has 90 valence electrons. The van der Waals surface area contributed by atoms with Crippen LogP contribution in [0.25, 0.3) is 0 Å². The molecule has 0 aliphatic rings. The topological polar surface area (TPSA) is 72.9 Å². The maximum Gasteiger partial charge on any atom is 0.219 e. The predicted octanol–water partition coefficient (Wildman–Crippen LogP) is 1.21. The van der Waals surface area contributed by atoms with Gasteiger partial charge < -0.3 is 11.1 Å². The molecule has 1 heterocycles. The Kier molecular flexibility index (Phi) is 4.34. The van der Waals surface area contributed by atoms with Crippen LogP contribution in [0.2, 0.25) is 0 Å². The lowest BCUT2D eigenvalue weighted by atomic mass is 10.2. The molecule has 1 aromatic rings. The smallest absolute Gasteiger partial charge is 0.219 e. The summed E-state index contributed by atoms with van der Waals surface area (Å²) in [4.78, 5) is 10.7. The van der Waals surface area contributed by atoms with Gasteiger partial charge in [-0.25, -0.2) is 0 Å². The van der Waals surface area contributed by atoms with Crippen molar-refractivity contribution in [1.29, 1.82) is 0 Å². The van der Waals surface area contributed by atoms with Crippen molar-refractivity contribution in [2.75, 3.05) is 5.32 Å². The molecule has 1 aromatic heterocycles. The summed E-state index contributed by atoms with van der Waals surface area (Å²) in [6.07, 6.45) is 4.03. The van der Waals surface area contributed by atoms with Gasteiger partial charge in [-0.3, -0.25) is 9.48 Å². The Morgan fingerprint density at radius 2 is 2.25 bits per heavy atom. The molecule has 0 radical (unpaired) electrons. The van der Waals surface area contributed by atoms with Gasteiger partial charge in [0.1, 0.15) is 0 Å². The lowest BCUT2D eigenvalue weighted by Gasteiger charge is -2.10. The van der Waals surface area contributed by atoms with Crippen molar-refractivity contribution in [1.82, 2.24) is 9.78 Å². The number of hydrogen-bond acceptors (Lipinski definition) is 3. The first-order valence-corrected chi connectivity index (χ1v) is 5.54. The van der Waals surface area contributed by atoms with Crippen LogP contribution in [0.5, 0.6) is 0 Å². The number of aromatic nitrogens is 2. The molecule has 1 amide bonds. The van der Waals surface area contributed by atoms with Crippen molar-refractivity contribution in [3.63, 3.8) is 0 Å². The zero-order valence-electron chi connectivity index (χ0n) is 10.1. The summed E-state index contributed by atoms with van der Waals surface area (Å²) in [6.45, 7) is 7.10. The van der Waals surface area contributed by atoms with Crippen LogP contribution in [0, 0.1) is 5.92 Å². The Bertz CT molecular complexity index is 346. The standard InChI is InChI=1S/C11H20N4O/c1-8(2)6-15-7-10(5-13-15)14-9(3)4-11(12)16/h5,7-9,14H,4,6H2,1-3H3,(H2,12,16). The zero-order chi connectivity index (χ0) is 12.1. The third-order valence-electron chi connectivity index (χ3n) is 2.11. The molecule has 0 aromatic carbocycles. The normalized spacial score (nSPS) is 12.8. The molecule has 0 fully saturated rings. The summed E-state index contributed by atoms with van der Waals surface area (Å²) in [6, 6.07) is 0.0363. The van der Waals surface area contributed by atoms with Crippen LogP contribution in [-0.4, -0.2) is 21.7 Å². The summed E-state index contributed by atoms with van der Waals surface area (Å²) in [5, 5.41) is 7.41. The van der Waals surface area contributed by atoms with E-state index in [4.69, 9.17) is 5.73 Å². The van der Waals surface area contributed by atoms with Crippen molar-refractivity contribution < 1.29 is 4.79 Å². The van der Waals surface area contributed by atoms with Crippen molar-refractivity contribution in [2.24, 2.45) is 11.7 Å². The number of nitrogens with two attached hydrogens (primary N) is 1. The summed E-state index contributed by atoms with van der Waals surface area (Å²) in [7, 11) is 0. The highest BCUT2D eigenvalue weighted by Crippen LogP contribution is 2.09. The van der Waals surface area contributed by atoms with E-state index in [0.29, 0.717) is 12.3 Å². The number of nitrogens with zero attached hydrogens (tertiary/aromatic N) is 2. The fourth-order valence-electron chi connectivity index (χ4n) is 1.55. The molecule has 0 saturated heterocycles. The molecule has 1 atom stereocenters. The molecule has 16 heavy (non-hydrogen) atoms. The minimum Gasteiger partial charge on any atom is -0.380 e. The molecule has 3 N–H and O–H groups in total. The first-order chi connectivity index (χ1) is 7.47. The Morgan fingerprint density at radius 3 is 2.81 bits per heavy atom.